The molecule has 0 aromatic heterocycles. The number of methoxy groups -OCH3 is 1. The highest BCUT2D eigenvalue weighted by atomic mass is 16.5. The first-order chi connectivity index (χ1) is 13.7. The van der Waals surface area contributed by atoms with Gasteiger partial charge in [-0.3, -0.25) is 10.1 Å². The quantitative estimate of drug-likeness (QED) is 0.782. The molecule has 28 heavy (non-hydrogen) atoms. The lowest BCUT2D eigenvalue weighted by atomic mass is 9.86. The molecule has 0 radical (unpaired) electrons. The van der Waals surface area contributed by atoms with E-state index in [1.54, 1.807) is 19.2 Å². The van der Waals surface area contributed by atoms with Crippen molar-refractivity contribution in [1.82, 2.24) is 4.90 Å². The molecule has 0 spiro atoms. The maximum Gasteiger partial charge on any atom is 0.411 e. The van der Waals surface area contributed by atoms with Crippen LogP contribution in [0.25, 0.3) is 0 Å². The van der Waals surface area contributed by atoms with Gasteiger partial charge in [0, 0.05) is 19.5 Å². The van der Waals surface area contributed by atoms with Gasteiger partial charge >= 0.3 is 6.09 Å². The second kappa shape index (κ2) is 10.3. The molecule has 0 atom stereocenters. The van der Waals surface area contributed by atoms with E-state index in [-0.39, 0.29) is 0 Å². The summed E-state index contributed by atoms with van der Waals surface area (Å²) >= 11 is 0. The summed E-state index contributed by atoms with van der Waals surface area (Å²) in [6, 6.07) is 7.24. The van der Waals surface area contributed by atoms with E-state index in [1.807, 2.05) is 17.0 Å². The molecule has 1 aromatic carbocycles. The van der Waals surface area contributed by atoms with Crippen molar-refractivity contribution in [3.63, 3.8) is 0 Å². The number of nitrogens with zero attached hydrogens (tertiary/aromatic N) is 1. The summed E-state index contributed by atoms with van der Waals surface area (Å²) in [4.78, 5) is 26.6. The van der Waals surface area contributed by atoms with Crippen molar-refractivity contribution in [1.29, 1.82) is 0 Å². The van der Waals surface area contributed by atoms with Crippen LogP contribution in [0.5, 0.6) is 5.75 Å². The largest absolute Gasteiger partial charge is 0.495 e. The first-order valence-electron chi connectivity index (χ1n) is 10.5. The van der Waals surface area contributed by atoms with Crippen LogP contribution in [0.15, 0.2) is 24.3 Å². The molecule has 1 aliphatic carbocycles. The van der Waals surface area contributed by atoms with E-state index in [0.717, 1.165) is 25.9 Å². The molecule has 154 valence electrons. The standard InChI is InChI=1S/C22H32N2O4/c1-27-20-10-6-5-9-19(20)23-22(26)28-16-18-11-13-24(14-12-18)21(25)15-17-7-3-2-4-8-17/h5-6,9-10,17-18H,2-4,7-8,11-16H2,1H3,(H,23,26). The van der Waals surface area contributed by atoms with E-state index in [1.165, 1.54) is 32.1 Å². The van der Waals surface area contributed by atoms with Crippen LogP contribution in [0.2, 0.25) is 0 Å². The molecule has 1 saturated carbocycles. The zero-order valence-electron chi connectivity index (χ0n) is 16.8. The van der Waals surface area contributed by atoms with Crippen molar-refractivity contribution in [2.45, 2.75) is 51.4 Å². The minimum Gasteiger partial charge on any atom is -0.495 e. The summed E-state index contributed by atoms with van der Waals surface area (Å²) in [6.45, 7) is 1.92. The minimum atomic E-state index is -0.472. The average molecular weight is 389 g/mol. The van der Waals surface area contributed by atoms with E-state index in [9.17, 15) is 9.59 Å². The monoisotopic (exact) mass is 388 g/mol. The SMILES string of the molecule is COc1ccccc1NC(=O)OCC1CCN(C(=O)CC2CCCCC2)CC1. The van der Waals surface area contributed by atoms with E-state index >= 15 is 0 Å². The number of benzene rings is 1. The molecule has 6 heteroatoms. The maximum atomic E-state index is 12.5. The number of anilines is 1. The number of rotatable bonds is 6. The van der Waals surface area contributed by atoms with E-state index < -0.39 is 6.09 Å². The number of ether oxygens (including phenoxy) is 2. The van der Waals surface area contributed by atoms with Crippen LogP contribution >= 0.6 is 0 Å². The summed E-state index contributed by atoms with van der Waals surface area (Å²) in [5.41, 5.74) is 0.595. The Balaban J connectivity index is 1.36. The highest BCUT2D eigenvalue weighted by Gasteiger charge is 2.26. The zero-order chi connectivity index (χ0) is 19.8. The zero-order valence-corrected chi connectivity index (χ0v) is 16.8. The van der Waals surface area contributed by atoms with Gasteiger partial charge in [-0.15, -0.1) is 0 Å². The van der Waals surface area contributed by atoms with Crippen molar-refractivity contribution in [2.75, 3.05) is 32.1 Å². The predicted octanol–water partition coefficient (Wildman–Crippen LogP) is 4.45. The third-order valence-corrected chi connectivity index (χ3v) is 5.95. The normalized spacial score (nSPS) is 18.5. The van der Waals surface area contributed by atoms with Crippen molar-refractivity contribution >= 4 is 17.7 Å². The van der Waals surface area contributed by atoms with Gasteiger partial charge in [0.2, 0.25) is 5.91 Å². The Bertz CT molecular complexity index is 650. The topological polar surface area (TPSA) is 67.9 Å². The molecule has 2 aliphatic rings. The van der Waals surface area contributed by atoms with E-state index in [2.05, 4.69) is 5.32 Å². The number of carbonyl (C=O) groups is 2. The molecule has 6 nitrogen and oxygen atoms in total. The second-order valence-corrected chi connectivity index (χ2v) is 7.96. The van der Waals surface area contributed by atoms with Crippen LogP contribution in [0.3, 0.4) is 0 Å². The Kier molecular flexibility index (Phi) is 7.57. The van der Waals surface area contributed by atoms with Crippen molar-refractivity contribution in [2.24, 2.45) is 11.8 Å². The lowest BCUT2D eigenvalue weighted by Crippen LogP contribution is -2.40. The minimum absolute atomic E-state index is 0.306. The Morgan fingerprint density at radius 3 is 2.46 bits per heavy atom. The Hall–Kier alpha value is -2.24. The Morgan fingerprint density at radius 2 is 1.75 bits per heavy atom. The van der Waals surface area contributed by atoms with Gasteiger partial charge in [-0.2, -0.15) is 0 Å². The predicted molar refractivity (Wildman–Crippen MR) is 108 cm³/mol. The summed E-state index contributed by atoms with van der Waals surface area (Å²) in [5.74, 6) is 1.80. The highest BCUT2D eigenvalue weighted by Crippen LogP contribution is 2.28. The molecule has 1 saturated heterocycles. The van der Waals surface area contributed by atoms with Crippen molar-refractivity contribution in [3.8, 4) is 5.75 Å². The number of hydrogen-bond acceptors (Lipinski definition) is 4. The number of nitrogens with one attached hydrogen (secondary N) is 1. The summed E-state index contributed by atoms with van der Waals surface area (Å²) in [5, 5.41) is 2.72. The van der Waals surface area contributed by atoms with Gasteiger partial charge < -0.3 is 14.4 Å². The van der Waals surface area contributed by atoms with Crippen LogP contribution in [-0.4, -0.2) is 43.7 Å². The lowest BCUT2D eigenvalue weighted by molar-refractivity contribution is -0.134. The molecule has 1 aromatic rings. The van der Waals surface area contributed by atoms with Crippen LogP contribution in [0.1, 0.15) is 51.4 Å². The van der Waals surface area contributed by atoms with E-state index in [0.29, 0.717) is 42.2 Å². The maximum absolute atomic E-state index is 12.5. The van der Waals surface area contributed by atoms with Gasteiger partial charge in [0.15, 0.2) is 0 Å². The molecular formula is C22H32N2O4. The van der Waals surface area contributed by atoms with Gasteiger partial charge in [0.1, 0.15) is 5.75 Å². The van der Waals surface area contributed by atoms with Gasteiger partial charge in [-0.05, 0) is 49.7 Å². The third-order valence-electron chi connectivity index (χ3n) is 5.95. The number of likely N-dealkylation sites (tertiary alicyclic amines) is 1. The van der Waals surface area contributed by atoms with Crippen LogP contribution in [-0.2, 0) is 9.53 Å². The molecule has 0 bridgehead atoms. The molecule has 1 aliphatic heterocycles. The second-order valence-electron chi connectivity index (χ2n) is 7.96. The van der Waals surface area contributed by atoms with Gasteiger partial charge in [0.25, 0.3) is 0 Å². The Morgan fingerprint density at radius 1 is 1.04 bits per heavy atom. The number of amides is 2. The molecule has 3 rings (SSSR count). The smallest absolute Gasteiger partial charge is 0.411 e. The molecule has 1 heterocycles. The van der Waals surface area contributed by atoms with Crippen molar-refractivity contribution in [3.05, 3.63) is 24.3 Å². The lowest BCUT2D eigenvalue weighted by Gasteiger charge is -2.33. The fraction of sp³-hybridized carbons (Fsp3) is 0.636. The molecule has 2 amide bonds. The number of carbonyl (C=O) groups excluding carboxylic acids is 2. The van der Waals surface area contributed by atoms with Gasteiger partial charge in [-0.1, -0.05) is 31.4 Å². The van der Waals surface area contributed by atoms with Gasteiger partial charge in [-0.25, -0.2) is 4.79 Å². The van der Waals surface area contributed by atoms with Crippen LogP contribution in [0, 0.1) is 11.8 Å². The summed E-state index contributed by atoms with van der Waals surface area (Å²) in [6.07, 6.45) is 8.29. The van der Waals surface area contributed by atoms with E-state index in [4.69, 9.17) is 9.47 Å². The fourth-order valence-electron chi connectivity index (χ4n) is 4.20. The Labute approximate surface area is 167 Å². The molecular weight excluding hydrogens is 356 g/mol. The van der Waals surface area contributed by atoms with Gasteiger partial charge in [0.05, 0.1) is 19.4 Å². The van der Waals surface area contributed by atoms with Crippen molar-refractivity contribution < 1.29 is 19.1 Å². The highest BCUT2D eigenvalue weighted by molar-refractivity contribution is 5.86. The average Bonchev–Trinajstić information content (AvgIpc) is 2.74. The van der Waals surface area contributed by atoms with Crippen LogP contribution < -0.4 is 10.1 Å². The molecule has 1 N–H and O–H groups in total. The van der Waals surface area contributed by atoms with Crippen LogP contribution in [0.4, 0.5) is 10.5 Å². The number of para-hydroxylation sites is 2. The molecule has 0 unspecified atom stereocenters. The summed E-state index contributed by atoms with van der Waals surface area (Å²) in [7, 11) is 1.56. The molecule has 2 fully saturated rings. The number of piperidine rings is 1. The first kappa shape index (κ1) is 20.5. The fourth-order valence-corrected chi connectivity index (χ4v) is 4.20. The number of hydrogen-bond donors (Lipinski definition) is 1. The first-order valence-corrected chi connectivity index (χ1v) is 10.5. The third kappa shape index (κ3) is 5.88. The summed E-state index contributed by atoms with van der Waals surface area (Å²) < 4.78 is 10.6.